The van der Waals surface area contributed by atoms with Crippen LogP contribution in [0.5, 0.6) is 0 Å². The molecule has 0 radical (unpaired) electrons. The van der Waals surface area contributed by atoms with Crippen molar-refractivity contribution in [1.29, 1.82) is 0 Å². The van der Waals surface area contributed by atoms with Gasteiger partial charge in [-0.25, -0.2) is 0 Å². The molecule has 0 heterocycles. The fraction of sp³-hybridized carbons (Fsp3) is 0.200. The largest absolute Gasteiger partial charge is 0.380 e. The van der Waals surface area contributed by atoms with Crippen LogP contribution in [0.2, 0.25) is 0 Å². The van der Waals surface area contributed by atoms with Crippen molar-refractivity contribution < 1.29 is 0 Å². The molecule has 0 saturated carbocycles. The van der Waals surface area contributed by atoms with Gasteiger partial charge in [-0.15, -0.1) is 0 Å². The number of benzene rings is 1. The van der Waals surface area contributed by atoms with Gasteiger partial charge in [0, 0.05) is 20.7 Å². The highest BCUT2D eigenvalue weighted by Crippen LogP contribution is 2.23. The quantitative estimate of drug-likeness (QED) is 0.866. The monoisotopic (exact) mass is 293 g/mol. The average Bonchev–Trinajstić information content (AvgIpc) is 2.20. The van der Waals surface area contributed by atoms with Crippen molar-refractivity contribution in [1.82, 2.24) is 0 Å². The summed E-state index contributed by atoms with van der Waals surface area (Å²) >= 11 is 14.7. The second-order valence-corrected chi connectivity index (χ2v) is 4.38. The first-order valence-corrected chi connectivity index (χ1v) is 5.69. The Morgan fingerprint density at radius 1 is 1.57 bits per heavy atom. The van der Waals surface area contributed by atoms with Gasteiger partial charge in [0.15, 0.2) is 0 Å². The maximum Gasteiger partial charge on any atom is 0.0516 e. The van der Waals surface area contributed by atoms with E-state index in [0.717, 1.165) is 15.7 Å². The first-order valence-electron chi connectivity index (χ1n) is 4.09. The molecule has 0 spiro atoms. The summed E-state index contributed by atoms with van der Waals surface area (Å²) in [7, 11) is 0. The number of nitrogens with one attached hydrogen (secondary N) is 1. The van der Waals surface area contributed by atoms with Gasteiger partial charge in [0.1, 0.15) is 0 Å². The Bertz CT molecular complexity index is 350. The standard InChI is InChI=1S/C10H10BrCl2N/c1-7-9(11)3-2-4-10(7)14-6-8(13)5-12/h2-5,14H,6H2,1H3/b8-5-. The zero-order valence-corrected chi connectivity index (χ0v) is 10.7. The van der Waals surface area contributed by atoms with E-state index in [0.29, 0.717) is 11.6 Å². The van der Waals surface area contributed by atoms with Gasteiger partial charge in [-0.3, -0.25) is 0 Å². The Labute approximate surface area is 102 Å². The first kappa shape index (κ1) is 11.9. The number of rotatable bonds is 3. The molecule has 0 aliphatic heterocycles. The van der Waals surface area contributed by atoms with E-state index in [9.17, 15) is 0 Å². The Morgan fingerprint density at radius 2 is 2.29 bits per heavy atom. The summed E-state index contributed by atoms with van der Waals surface area (Å²) in [5.74, 6) is 0. The minimum absolute atomic E-state index is 0.544. The second-order valence-electron chi connectivity index (χ2n) is 2.82. The van der Waals surface area contributed by atoms with Crippen LogP contribution in [0.15, 0.2) is 33.2 Å². The third kappa shape index (κ3) is 3.19. The van der Waals surface area contributed by atoms with Gasteiger partial charge in [-0.05, 0) is 24.6 Å². The van der Waals surface area contributed by atoms with E-state index in [1.165, 1.54) is 5.54 Å². The summed E-state index contributed by atoms with van der Waals surface area (Å²) in [5.41, 5.74) is 3.57. The normalized spacial score (nSPS) is 11.6. The zero-order valence-electron chi connectivity index (χ0n) is 7.65. The van der Waals surface area contributed by atoms with Crippen molar-refractivity contribution in [3.8, 4) is 0 Å². The topological polar surface area (TPSA) is 12.0 Å². The molecule has 1 nitrogen and oxygen atoms in total. The summed E-state index contributed by atoms with van der Waals surface area (Å²) in [6.45, 7) is 2.58. The predicted molar refractivity (Wildman–Crippen MR) is 67.2 cm³/mol. The summed E-state index contributed by atoms with van der Waals surface area (Å²) in [6.07, 6.45) is 0. The molecule has 4 heteroatoms. The van der Waals surface area contributed by atoms with E-state index in [-0.39, 0.29) is 0 Å². The first-order chi connectivity index (χ1) is 6.65. The van der Waals surface area contributed by atoms with Gasteiger partial charge in [0.2, 0.25) is 0 Å². The molecule has 1 N–H and O–H groups in total. The molecule has 76 valence electrons. The highest BCUT2D eigenvalue weighted by molar-refractivity contribution is 9.10. The van der Waals surface area contributed by atoms with Crippen LogP contribution in [0, 0.1) is 6.92 Å². The molecular formula is C10H10BrCl2N. The van der Waals surface area contributed by atoms with Gasteiger partial charge in [-0.2, -0.15) is 0 Å². The molecule has 0 fully saturated rings. The summed E-state index contributed by atoms with van der Waals surface area (Å²) < 4.78 is 1.08. The van der Waals surface area contributed by atoms with Crippen LogP contribution < -0.4 is 5.32 Å². The van der Waals surface area contributed by atoms with E-state index < -0.39 is 0 Å². The SMILES string of the molecule is Cc1c(Br)cccc1NC/C(Cl)=C/Cl. The molecular weight excluding hydrogens is 285 g/mol. The van der Waals surface area contributed by atoms with Gasteiger partial charge in [0.05, 0.1) is 6.54 Å². The maximum atomic E-state index is 5.76. The Morgan fingerprint density at radius 3 is 2.93 bits per heavy atom. The van der Waals surface area contributed by atoms with Crippen molar-refractivity contribution in [3.05, 3.63) is 38.8 Å². The van der Waals surface area contributed by atoms with Crippen LogP contribution >= 0.6 is 39.1 Å². The minimum Gasteiger partial charge on any atom is -0.380 e. The van der Waals surface area contributed by atoms with E-state index in [2.05, 4.69) is 21.2 Å². The van der Waals surface area contributed by atoms with E-state index >= 15 is 0 Å². The van der Waals surface area contributed by atoms with Crippen LogP contribution in [0.1, 0.15) is 5.56 Å². The van der Waals surface area contributed by atoms with E-state index in [4.69, 9.17) is 23.2 Å². The average molecular weight is 295 g/mol. The van der Waals surface area contributed by atoms with Crippen LogP contribution in [0.4, 0.5) is 5.69 Å². The van der Waals surface area contributed by atoms with Gasteiger partial charge < -0.3 is 5.32 Å². The third-order valence-electron chi connectivity index (χ3n) is 1.83. The van der Waals surface area contributed by atoms with Crippen LogP contribution in [0.3, 0.4) is 0 Å². The molecule has 0 atom stereocenters. The van der Waals surface area contributed by atoms with Crippen LogP contribution in [-0.4, -0.2) is 6.54 Å². The number of hydrogen-bond donors (Lipinski definition) is 1. The lowest BCUT2D eigenvalue weighted by Crippen LogP contribution is -2.02. The van der Waals surface area contributed by atoms with Crippen LogP contribution in [-0.2, 0) is 0 Å². The number of hydrogen-bond acceptors (Lipinski definition) is 1. The van der Waals surface area contributed by atoms with Crippen LogP contribution in [0.25, 0.3) is 0 Å². The van der Waals surface area contributed by atoms with Crippen molar-refractivity contribution in [3.63, 3.8) is 0 Å². The van der Waals surface area contributed by atoms with Gasteiger partial charge >= 0.3 is 0 Å². The Kier molecular flexibility index (Phi) is 4.79. The Balaban J connectivity index is 2.73. The van der Waals surface area contributed by atoms with E-state index in [1.807, 2.05) is 25.1 Å². The number of anilines is 1. The predicted octanol–water partition coefficient (Wildman–Crippen LogP) is 4.49. The molecule has 0 aliphatic carbocycles. The lowest BCUT2D eigenvalue weighted by molar-refractivity contribution is 1.28. The molecule has 0 bridgehead atoms. The number of halogens is 3. The Hall–Kier alpha value is -0.180. The molecule has 1 rings (SSSR count). The maximum absolute atomic E-state index is 5.76. The van der Waals surface area contributed by atoms with Gasteiger partial charge in [0.25, 0.3) is 0 Å². The lowest BCUT2D eigenvalue weighted by atomic mass is 10.2. The molecule has 1 aromatic rings. The van der Waals surface area contributed by atoms with E-state index in [1.54, 1.807) is 0 Å². The smallest absolute Gasteiger partial charge is 0.0516 e. The summed E-state index contributed by atoms with van der Waals surface area (Å²) in [6, 6.07) is 5.97. The zero-order chi connectivity index (χ0) is 10.6. The molecule has 1 aromatic carbocycles. The molecule has 0 aromatic heterocycles. The molecule has 0 aliphatic rings. The molecule has 0 saturated heterocycles. The summed E-state index contributed by atoms with van der Waals surface area (Å²) in [4.78, 5) is 0. The third-order valence-corrected chi connectivity index (χ3v) is 3.31. The highest BCUT2D eigenvalue weighted by atomic mass is 79.9. The molecule has 0 amide bonds. The fourth-order valence-electron chi connectivity index (χ4n) is 1.02. The highest BCUT2D eigenvalue weighted by Gasteiger charge is 2.00. The second kappa shape index (κ2) is 5.64. The van der Waals surface area contributed by atoms with Crippen molar-refractivity contribution >= 4 is 44.8 Å². The minimum atomic E-state index is 0.544. The summed E-state index contributed by atoms with van der Waals surface area (Å²) in [5, 5.41) is 3.78. The molecule has 0 unspecified atom stereocenters. The fourth-order valence-corrected chi connectivity index (χ4v) is 1.53. The van der Waals surface area contributed by atoms with Gasteiger partial charge in [-0.1, -0.05) is 45.2 Å². The molecule has 14 heavy (non-hydrogen) atoms. The van der Waals surface area contributed by atoms with Crippen molar-refractivity contribution in [2.45, 2.75) is 6.92 Å². The lowest BCUT2D eigenvalue weighted by Gasteiger charge is -2.09. The van der Waals surface area contributed by atoms with Crippen molar-refractivity contribution in [2.75, 3.05) is 11.9 Å². The van der Waals surface area contributed by atoms with Crippen molar-refractivity contribution in [2.24, 2.45) is 0 Å².